The normalized spacial score (nSPS) is 15.2. The molecule has 0 aliphatic carbocycles. The Morgan fingerprint density at radius 3 is 2.77 bits per heavy atom. The number of aryl methyl sites for hydroxylation is 1. The molecule has 0 radical (unpaired) electrons. The summed E-state index contributed by atoms with van der Waals surface area (Å²) >= 11 is 6.61. The van der Waals surface area contributed by atoms with Gasteiger partial charge in [0.1, 0.15) is 4.32 Å². The minimum absolute atomic E-state index is 0.109. The molecule has 3 rings (SSSR count). The molecule has 1 aromatic heterocycles. The number of aromatic nitrogens is 1. The fraction of sp³-hybridized carbons (Fsp3) is 0.286. The number of rotatable bonds is 8. The third-order valence-electron chi connectivity index (χ3n) is 4.70. The van der Waals surface area contributed by atoms with Gasteiger partial charge in [-0.2, -0.15) is 0 Å². The third kappa shape index (κ3) is 5.43. The number of carbonyl (C=O) groups excluding carboxylic acids is 2. The highest BCUT2D eigenvalue weighted by molar-refractivity contribution is 8.26. The van der Waals surface area contributed by atoms with Gasteiger partial charge in [0, 0.05) is 38.4 Å². The second-order valence-electron chi connectivity index (χ2n) is 6.90. The van der Waals surface area contributed by atoms with Gasteiger partial charge in [0.2, 0.25) is 5.91 Å². The van der Waals surface area contributed by atoms with Gasteiger partial charge in [0.15, 0.2) is 11.5 Å². The monoisotopic (exact) mass is 445 g/mol. The van der Waals surface area contributed by atoms with Crippen LogP contribution in [0.15, 0.2) is 41.4 Å². The van der Waals surface area contributed by atoms with Crippen molar-refractivity contribution in [3.05, 3.63) is 52.7 Å². The molecule has 0 unspecified atom stereocenters. The van der Waals surface area contributed by atoms with Crippen molar-refractivity contribution in [1.82, 2.24) is 14.8 Å². The summed E-state index contributed by atoms with van der Waals surface area (Å²) in [5.41, 5.74) is 1.74. The fourth-order valence-electron chi connectivity index (χ4n) is 3.01. The van der Waals surface area contributed by atoms with E-state index in [0.717, 1.165) is 11.3 Å². The smallest absolute Gasteiger partial charge is 0.266 e. The topological polar surface area (TPSA) is 94.8 Å². The molecule has 1 aliphatic heterocycles. The molecular formula is C21H23N3O4S2. The zero-order chi connectivity index (χ0) is 21.7. The number of nitrogens with zero attached hydrogens (tertiary/aromatic N) is 2. The van der Waals surface area contributed by atoms with E-state index in [4.69, 9.17) is 12.2 Å². The van der Waals surface area contributed by atoms with Gasteiger partial charge in [0.25, 0.3) is 5.91 Å². The molecule has 7 nitrogen and oxygen atoms in total. The van der Waals surface area contributed by atoms with Gasteiger partial charge in [-0.3, -0.25) is 14.5 Å². The lowest BCUT2D eigenvalue weighted by Gasteiger charge is -2.14. The van der Waals surface area contributed by atoms with Gasteiger partial charge in [-0.1, -0.05) is 30.0 Å². The van der Waals surface area contributed by atoms with E-state index in [1.165, 1.54) is 23.9 Å². The van der Waals surface area contributed by atoms with E-state index in [2.05, 4.69) is 5.32 Å². The van der Waals surface area contributed by atoms with Crippen molar-refractivity contribution in [3.63, 3.8) is 0 Å². The van der Waals surface area contributed by atoms with E-state index in [1.807, 2.05) is 36.0 Å². The van der Waals surface area contributed by atoms with E-state index in [9.17, 15) is 19.8 Å². The highest BCUT2D eigenvalue weighted by Gasteiger charge is 2.31. The van der Waals surface area contributed by atoms with E-state index in [0.29, 0.717) is 35.2 Å². The molecule has 2 aromatic rings. The van der Waals surface area contributed by atoms with Gasteiger partial charge in [-0.15, -0.1) is 0 Å². The van der Waals surface area contributed by atoms with Crippen LogP contribution < -0.4 is 5.32 Å². The predicted molar refractivity (Wildman–Crippen MR) is 121 cm³/mol. The summed E-state index contributed by atoms with van der Waals surface area (Å²) in [5, 5.41) is 21.6. The first-order chi connectivity index (χ1) is 14.3. The van der Waals surface area contributed by atoms with E-state index in [1.54, 1.807) is 11.0 Å². The van der Waals surface area contributed by atoms with Crippen LogP contribution >= 0.6 is 24.0 Å². The number of thiocarbonyl (C=S) groups is 1. The molecule has 1 saturated heterocycles. The molecule has 0 atom stereocenters. The number of nitrogens with one attached hydrogen (secondary N) is 1. The van der Waals surface area contributed by atoms with E-state index < -0.39 is 0 Å². The molecule has 3 N–H and O–H groups in total. The Bertz CT molecular complexity index is 1000. The number of phenols is 2. The van der Waals surface area contributed by atoms with Crippen molar-refractivity contribution in [2.75, 3.05) is 13.1 Å². The number of carbonyl (C=O) groups is 2. The average Bonchev–Trinajstić information content (AvgIpc) is 3.22. The minimum Gasteiger partial charge on any atom is -0.504 e. The zero-order valence-electron chi connectivity index (χ0n) is 16.5. The van der Waals surface area contributed by atoms with Crippen molar-refractivity contribution in [1.29, 1.82) is 0 Å². The van der Waals surface area contributed by atoms with Crippen molar-refractivity contribution < 1.29 is 19.8 Å². The highest BCUT2D eigenvalue weighted by Crippen LogP contribution is 2.32. The van der Waals surface area contributed by atoms with Crippen molar-refractivity contribution in [2.45, 2.75) is 19.3 Å². The maximum absolute atomic E-state index is 12.6. The van der Waals surface area contributed by atoms with Gasteiger partial charge < -0.3 is 20.1 Å². The Labute approximate surface area is 184 Å². The van der Waals surface area contributed by atoms with Gasteiger partial charge >= 0.3 is 0 Å². The van der Waals surface area contributed by atoms with Crippen molar-refractivity contribution in [3.8, 4) is 11.5 Å². The first-order valence-electron chi connectivity index (χ1n) is 9.49. The quantitative estimate of drug-likeness (QED) is 0.329. The second kappa shape index (κ2) is 9.82. The summed E-state index contributed by atoms with van der Waals surface area (Å²) in [7, 11) is 1.91. The van der Waals surface area contributed by atoms with Crippen LogP contribution in [0.1, 0.15) is 24.1 Å². The SMILES string of the molecule is Cn1cccc1C=C1SC(=S)N(CCCC(=O)NCCc2ccc(O)c(O)c2)C1=O. The molecule has 1 aliphatic rings. The summed E-state index contributed by atoms with van der Waals surface area (Å²) in [6.07, 6.45) is 5.07. The Morgan fingerprint density at radius 1 is 1.27 bits per heavy atom. The number of thioether (sulfide) groups is 1. The predicted octanol–water partition coefficient (Wildman–Crippen LogP) is 2.78. The minimum atomic E-state index is -0.177. The molecule has 9 heteroatoms. The largest absolute Gasteiger partial charge is 0.504 e. The number of hydrogen-bond donors (Lipinski definition) is 3. The molecule has 2 amide bonds. The van der Waals surface area contributed by atoms with Gasteiger partial charge in [-0.25, -0.2) is 0 Å². The van der Waals surface area contributed by atoms with Crippen LogP contribution in [0.2, 0.25) is 0 Å². The summed E-state index contributed by atoms with van der Waals surface area (Å²) in [6, 6.07) is 8.42. The Balaban J connectivity index is 1.42. The zero-order valence-corrected chi connectivity index (χ0v) is 18.1. The number of hydrogen-bond acceptors (Lipinski definition) is 6. The number of phenolic OH excluding ortho intramolecular Hbond substituents is 2. The molecule has 0 bridgehead atoms. The van der Waals surface area contributed by atoms with Crippen LogP contribution in [0.25, 0.3) is 6.08 Å². The van der Waals surface area contributed by atoms with Crippen LogP contribution in [-0.4, -0.2) is 48.9 Å². The first-order valence-corrected chi connectivity index (χ1v) is 10.7. The Morgan fingerprint density at radius 2 is 2.07 bits per heavy atom. The number of amides is 2. The van der Waals surface area contributed by atoms with Crippen LogP contribution in [0, 0.1) is 0 Å². The molecule has 0 saturated carbocycles. The maximum Gasteiger partial charge on any atom is 0.266 e. The fourth-order valence-corrected chi connectivity index (χ4v) is 4.30. The van der Waals surface area contributed by atoms with E-state index in [-0.39, 0.29) is 29.7 Å². The molecule has 1 aromatic carbocycles. The molecule has 0 spiro atoms. The lowest BCUT2D eigenvalue weighted by molar-refractivity contribution is -0.123. The second-order valence-corrected chi connectivity index (χ2v) is 8.58. The van der Waals surface area contributed by atoms with Gasteiger partial charge in [0.05, 0.1) is 4.91 Å². The average molecular weight is 446 g/mol. The Kier molecular flexibility index (Phi) is 7.17. The number of aromatic hydroxyl groups is 2. The summed E-state index contributed by atoms with van der Waals surface area (Å²) in [6.45, 7) is 0.817. The molecule has 30 heavy (non-hydrogen) atoms. The first kappa shape index (κ1) is 21.9. The summed E-state index contributed by atoms with van der Waals surface area (Å²) in [4.78, 5) is 26.8. The van der Waals surface area contributed by atoms with Crippen molar-refractivity contribution >= 4 is 46.2 Å². The van der Waals surface area contributed by atoms with E-state index >= 15 is 0 Å². The number of benzene rings is 1. The molecule has 158 valence electrons. The van der Waals surface area contributed by atoms with Crippen LogP contribution in [0.5, 0.6) is 11.5 Å². The standard InChI is InChI=1S/C21H23N3O4S2/c1-23-10-2-4-15(23)13-18-20(28)24(21(29)30-18)11-3-5-19(27)22-9-8-14-6-7-16(25)17(26)12-14/h2,4,6-7,10,12-13,25-26H,3,5,8-9,11H2,1H3,(H,22,27). The Hall–Kier alpha value is -2.78. The third-order valence-corrected chi connectivity index (χ3v) is 6.08. The van der Waals surface area contributed by atoms with Crippen LogP contribution in [-0.2, 0) is 23.1 Å². The van der Waals surface area contributed by atoms with Crippen LogP contribution in [0.3, 0.4) is 0 Å². The molecular weight excluding hydrogens is 422 g/mol. The lowest BCUT2D eigenvalue weighted by atomic mass is 10.1. The molecule has 2 heterocycles. The summed E-state index contributed by atoms with van der Waals surface area (Å²) < 4.78 is 2.43. The molecule has 1 fully saturated rings. The van der Waals surface area contributed by atoms with Gasteiger partial charge in [-0.05, 0) is 48.7 Å². The maximum atomic E-state index is 12.6. The van der Waals surface area contributed by atoms with Crippen LogP contribution in [0.4, 0.5) is 0 Å². The van der Waals surface area contributed by atoms with Crippen molar-refractivity contribution in [2.24, 2.45) is 7.05 Å². The summed E-state index contributed by atoms with van der Waals surface area (Å²) in [5.74, 6) is -0.581. The highest BCUT2D eigenvalue weighted by atomic mass is 32.2. The lowest BCUT2D eigenvalue weighted by Crippen LogP contribution is -2.31.